The zero-order chi connectivity index (χ0) is 12.4. The van der Waals surface area contributed by atoms with E-state index in [0.29, 0.717) is 12.2 Å². The molecule has 2 aromatic heterocycles. The summed E-state index contributed by atoms with van der Waals surface area (Å²) in [7, 11) is 0. The summed E-state index contributed by atoms with van der Waals surface area (Å²) in [6, 6.07) is 0. The van der Waals surface area contributed by atoms with Crippen molar-refractivity contribution in [2.75, 3.05) is 0 Å². The van der Waals surface area contributed by atoms with Crippen molar-refractivity contribution in [3.8, 4) is 5.82 Å². The molecule has 0 saturated carbocycles. The first-order valence-corrected chi connectivity index (χ1v) is 5.20. The summed E-state index contributed by atoms with van der Waals surface area (Å²) in [5.41, 5.74) is -0.206. The Kier molecular flexibility index (Phi) is 3.01. The molecule has 0 atom stereocenters. The molecule has 0 aliphatic rings. The number of rotatable bonds is 3. The van der Waals surface area contributed by atoms with E-state index in [1.165, 1.54) is 4.57 Å². The predicted molar refractivity (Wildman–Crippen MR) is 60.2 cm³/mol. The van der Waals surface area contributed by atoms with Gasteiger partial charge in [-0.1, -0.05) is 6.92 Å². The van der Waals surface area contributed by atoms with Crippen molar-refractivity contribution in [1.82, 2.24) is 19.5 Å². The summed E-state index contributed by atoms with van der Waals surface area (Å²) >= 11 is 5.66. The quantitative estimate of drug-likeness (QED) is 0.473. The average Bonchev–Trinajstić information content (AvgIpc) is 2.76. The SMILES string of the molecule is CCc1nccn1-c1nc(Cl)ncc1[N+](=O)[O-]. The summed E-state index contributed by atoms with van der Waals surface area (Å²) in [5.74, 6) is 0.798. The molecule has 0 N–H and O–H groups in total. The van der Waals surface area contributed by atoms with Crippen LogP contribution in [0.5, 0.6) is 0 Å². The molecule has 0 bridgehead atoms. The highest BCUT2D eigenvalue weighted by Gasteiger charge is 2.20. The fraction of sp³-hybridized carbons (Fsp3) is 0.222. The van der Waals surface area contributed by atoms with E-state index in [0.717, 1.165) is 6.20 Å². The van der Waals surface area contributed by atoms with Gasteiger partial charge in [0.2, 0.25) is 11.1 Å². The lowest BCUT2D eigenvalue weighted by atomic mass is 10.4. The first-order chi connectivity index (χ1) is 8.13. The number of aromatic nitrogens is 4. The second-order valence-corrected chi connectivity index (χ2v) is 3.51. The van der Waals surface area contributed by atoms with Crippen LogP contribution in [0.3, 0.4) is 0 Å². The Balaban J connectivity index is 2.65. The van der Waals surface area contributed by atoms with Crippen molar-refractivity contribution in [3.63, 3.8) is 0 Å². The number of nitrogens with zero attached hydrogens (tertiary/aromatic N) is 5. The minimum Gasteiger partial charge on any atom is -0.282 e. The monoisotopic (exact) mass is 253 g/mol. The van der Waals surface area contributed by atoms with Gasteiger partial charge in [0.15, 0.2) is 0 Å². The van der Waals surface area contributed by atoms with Crippen molar-refractivity contribution in [3.05, 3.63) is 39.8 Å². The fourth-order valence-electron chi connectivity index (χ4n) is 1.44. The van der Waals surface area contributed by atoms with E-state index in [4.69, 9.17) is 11.6 Å². The largest absolute Gasteiger partial charge is 0.330 e. The molecule has 2 heterocycles. The summed E-state index contributed by atoms with van der Waals surface area (Å²) in [6.45, 7) is 1.90. The first-order valence-electron chi connectivity index (χ1n) is 4.83. The average molecular weight is 254 g/mol. The second-order valence-electron chi connectivity index (χ2n) is 3.17. The molecular formula is C9H8ClN5O2. The van der Waals surface area contributed by atoms with Gasteiger partial charge in [-0.3, -0.25) is 14.7 Å². The molecular weight excluding hydrogens is 246 g/mol. The molecule has 0 spiro atoms. The molecule has 2 rings (SSSR count). The Morgan fingerprint density at radius 3 is 2.94 bits per heavy atom. The van der Waals surface area contributed by atoms with Crippen LogP contribution in [-0.2, 0) is 6.42 Å². The highest BCUT2D eigenvalue weighted by Crippen LogP contribution is 2.22. The number of imidazole rings is 1. The van der Waals surface area contributed by atoms with E-state index >= 15 is 0 Å². The van der Waals surface area contributed by atoms with Crippen LogP contribution in [0.1, 0.15) is 12.7 Å². The van der Waals surface area contributed by atoms with Crippen LogP contribution < -0.4 is 0 Å². The minimum atomic E-state index is -0.550. The molecule has 0 aliphatic heterocycles. The van der Waals surface area contributed by atoms with Crippen molar-refractivity contribution in [2.45, 2.75) is 13.3 Å². The summed E-state index contributed by atoms with van der Waals surface area (Å²) in [4.78, 5) is 21.9. The van der Waals surface area contributed by atoms with Gasteiger partial charge in [0.05, 0.1) is 4.92 Å². The minimum absolute atomic E-state index is 0.0404. The van der Waals surface area contributed by atoms with Crippen LogP contribution in [-0.4, -0.2) is 24.4 Å². The van der Waals surface area contributed by atoms with Gasteiger partial charge in [0, 0.05) is 18.8 Å². The van der Waals surface area contributed by atoms with Crippen molar-refractivity contribution >= 4 is 17.3 Å². The highest BCUT2D eigenvalue weighted by atomic mass is 35.5. The maximum absolute atomic E-state index is 10.9. The van der Waals surface area contributed by atoms with E-state index < -0.39 is 4.92 Å². The van der Waals surface area contributed by atoms with Crippen LogP contribution in [0.25, 0.3) is 5.82 Å². The number of nitro groups is 1. The fourth-order valence-corrected chi connectivity index (χ4v) is 1.57. The maximum Gasteiger partial charge on any atom is 0.330 e. The lowest BCUT2D eigenvalue weighted by molar-refractivity contribution is -0.385. The zero-order valence-corrected chi connectivity index (χ0v) is 9.63. The molecule has 0 amide bonds. The molecule has 0 fully saturated rings. The Hall–Kier alpha value is -2.02. The molecule has 8 heteroatoms. The van der Waals surface area contributed by atoms with Crippen LogP contribution in [0.2, 0.25) is 5.28 Å². The van der Waals surface area contributed by atoms with E-state index in [1.807, 2.05) is 6.92 Å². The van der Waals surface area contributed by atoms with E-state index in [9.17, 15) is 10.1 Å². The van der Waals surface area contributed by atoms with E-state index in [1.54, 1.807) is 12.4 Å². The topological polar surface area (TPSA) is 86.7 Å². The molecule has 0 saturated heterocycles. The van der Waals surface area contributed by atoms with Crippen LogP contribution >= 0.6 is 11.6 Å². The predicted octanol–water partition coefficient (Wildman–Crippen LogP) is 1.79. The third kappa shape index (κ3) is 2.09. The Bertz CT molecular complexity index is 568. The number of hydrogen-bond donors (Lipinski definition) is 0. The number of aryl methyl sites for hydroxylation is 1. The van der Waals surface area contributed by atoms with E-state index in [-0.39, 0.29) is 16.8 Å². The summed E-state index contributed by atoms with van der Waals surface area (Å²) in [6.07, 6.45) is 4.87. The third-order valence-electron chi connectivity index (χ3n) is 2.18. The normalized spacial score (nSPS) is 10.5. The molecule has 0 aromatic carbocycles. The third-order valence-corrected chi connectivity index (χ3v) is 2.36. The molecule has 17 heavy (non-hydrogen) atoms. The molecule has 7 nitrogen and oxygen atoms in total. The summed E-state index contributed by atoms with van der Waals surface area (Å²) in [5, 5.41) is 10.8. The van der Waals surface area contributed by atoms with Crippen LogP contribution in [0.15, 0.2) is 18.6 Å². The molecule has 0 radical (unpaired) electrons. The second kappa shape index (κ2) is 4.46. The van der Waals surface area contributed by atoms with Gasteiger partial charge < -0.3 is 0 Å². The van der Waals surface area contributed by atoms with Gasteiger partial charge in [-0.25, -0.2) is 9.97 Å². The summed E-state index contributed by atoms with van der Waals surface area (Å²) < 4.78 is 1.53. The molecule has 0 unspecified atom stereocenters. The molecule has 2 aromatic rings. The van der Waals surface area contributed by atoms with Gasteiger partial charge >= 0.3 is 5.69 Å². The maximum atomic E-state index is 10.9. The lowest BCUT2D eigenvalue weighted by Crippen LogP contribution is -2.06. The van der Waals surface area contributed by atoms with Crippen molar-refractivity contribution in [2.24, 2.45) is 0 Å². The highest BCUT2D eigenvalue weighted by molar-refractivity contribution is 6.28. The smallest absolute Gasteiger partial charge is 0.282 e. The van der Waals surface area contributed by atoms with Gasteiger partial charge in [0.25, 0.3) is 0 Å². The molecule has 88 valence electrons. The lowest BCUT2D eigenvalue weighted by Gasteiger charge is -2.05. The van der Waals surface area contributed by atoms with Gasteiger partial charge in [-0.05, 0) is 11.6 Å². The van der Waals surface area contributed by atoms with Crippen LogP contribution in [0, 0.1) is 10.1 Å². The Labute approximate surface area is 101 Å². The van der Waals surface area contributed by atoms with Crippen molar-refractivity contribution in [1.29, 1.82) is 0 Å². The Morgan fingerprint density at radius 1 is 1.53 bits per heavy atom. The van der Waals surface area contributed by atoms with Crippen LogP contribution in [0.4, 0.5) is 5.69 Å². The Morgan fingerprint density at radius 2 is 2.29 bits per heavy atom. The number of halogens is 1. The first kappa shape index (κ1) is 11.5. The van der Waals surface area contributed by atoms with Gasteiger partial charge in [-0.2, -0.15) is 4.98 Å². The standard InChI is InChI=1S/C9H8ClN5O2/c1-2-7-11-3-4-14(7)8-6(15(16)17)5-12-9(10)13-8/h3-5H,2H2,1H3. The zero-order valence-electron chi connectivity index (χ0n) is 8.87. The van der Waals surface area contributed by atoms with E-state index in [2.05, 4.69) is 15.0 Å². The van der Waals surface area contributed by atoms with Gasteiger partial charge in [-0.15, -0.1) is 0 Å². The number of hydrogen-bond acceptors (Lipinski definition) is 5. The molecule has 0 aliphatic carbocycles. The van der Waals surface area contributed by atoms with Gasteiger partial charge in [0.1, 0.15) is 12.0 Å². The van der Waals surface area contributed by atoms with Crippen molar-refractivity contribution < 1.29 is 4.92 Å².